The third kappa shape index (κ3) is 5.91. The summed E-state index contributed by atoms with van der Waals surface area (Å²) < 4.78 is 2.41. The molecule has 1 saturated heterocycles. The van der Waals surface area contributed by atoms with Gasteiger partial charge in [0.1, 0.15) is 5.65 Å². The maximum Gasteiger partial charge on any atom is 0.225 e. The van der Waals surface area contributed by atoms with Gasteiger partial charge < -0.3 is 15.0 Å². The normalized spacial score (nSPS) is 21.5. The predicted molar refractivity (Wildman–Crippen MR) is 160 cm³/mol. The van der Waals surface area contributed by atoms with Crippen LogP contribution in [0, 0.1) is 13.8 Å². The first kappa shape index (κ1) is 26.9. The van der Waals surface area contributed by atoms with Gasteiger partial charge in [0.25, 0.3) is 0 Å². The molecule has 210 valence electrons. The van der Waals surface area contributed by atoms with Crippen LogP contribution < -0.4 is 5.32 Å². The molecule has 3 aromatic heterocycles. The van der Waals surface area contributed by atoms with E-state index in [4.69, 9.17) is 9.97 Å². The summed E-state index contributed by atoms with van der Waals surface area (Å²) in [5, 5.41) is 14.9. The van der Waals surface area contributed by atoms with Crippen molar-refractivity contribution in [3.05, 3.63) is 82.9 Å². The zero-order chi connectivity index (χ0) is 27.6. The third-order valence-corrected chi connectivity index (χ3v) is 8.88. The number of hydrogen-bond donors (Lipinski definition) is 2. The number of aromatic nitrogens is 4. The average molecular weight is 539 g/mol. The molecule has 7 heteroatoms. The summed E-state index contributed by atoms with van der Waals surface area (Å²) in [5.41, 5.74) is 7.18. The van der Waals surface area contributed by atoms with Gasteiger partial charge >= 0.3 is 0 Å². The molecular weight excluding hydrogens is 496 g/mol. The topological polar surface area (TPSA) is 79.1 Å². The highest BCUT2D eigenvalue weighted by atomic mass is 16.3. The first-order valence-corrected chi connectivity index (χ1v) is 15.0. The first-order valence-electron chi connectivity index (χ1n) is 15.0. The first-order chi connectivity index (χ1) is 19.4. The third-order valence-electron chi connectivity index (χ3n) is 8.88. The molecule has 6 rings (SSSR count). The van der Waals surface area contributed by atoms with E-state index in [2.05, 4.69) is 83.1 Å². The Hall–Kier alpha value is -3.29. The number of piperidine rings is 1. The minimum atomic E-state index is -0.173. The Morgan fingerprint density at radius 1 is 0.950 bits per heavy atom. The molecule has 0 spiro atoms. The quantitative estimate of drug-likeness (QED) is 0.281. The predicted octanol–water partition coefficient (Wildman–Crippen LogP) is 6.47. The van der Waals surface area contributed by atoms with Crippen molar-refractivity contribution in [2.24, 2.45) is 0 Å². The lowest BCUT2D eigenvalue weighted by Gasteiger charge is -2.32. The number of hydrogen-bond acceptors (Lipinski definition) is 6. The maximum absolute atomic E-state index is 10.2. The number of likely N-dealkylation sites (tertiary alicyclic amines) is 1. The van der Waals surface area contributed by atoms with Gasteiger partial charge in [0.05, 0.1) is 12.1 Å². The molecule has 2 aliphatic rings. The number of aliphatic hydroxyl groups excluding tert-OH is 1. The summed E-state index contributed by atoms with van der Waals surface area (Å²) in [5.74, 6) is 1.17. The van der Waals surface area contributed by atoms with Gasteiger partial charge in [-0.05, 0) is 107 Å². The number of benzene rings is 1. The van der Waals surface area contributed by atoms with Crippen molar-refractivity contribution in [2.75, 3.05) is 18.4 Å². The van der Waals surface area contributed by atoms with E-state index in [0.717, 1.165) is 75.2 Å². The van der Waals surface area contributed by atoms with Crippen LogP contribution in [0.15, 0.2) is 54.9 Å². The van der Waals surface area contributed by atoms with Crippen LogP contribution in [-0.2, 0) is 6.54 Å². The molecule has 1 saturated carbocycles. The molecule has 0 bridgehead atoms. The minimum Gasteiger partial charge on any atom is -0.393 e. The molecule has 1 atom stereocenters. The summed E-state index contributed by atoms with van der Waals surface area (Å²) in [6.07, 6.45) is 10.2. The number of anilines is 1. The highest BCUT2D eigenvalue weighted by molar-refractivity contribution is 5.81. The van der Waals surface area contributed by atoms with Gasteiger partial charge in [0.2, 0.25) is 5.95 Å². The van der Waals surface area contributed by atoms with Crippen molar-refractivity contribution in [3.8, 4) is 0 Å². The number of rotatable bonds is 7. The van der Waals surface area contributed by atoms with Crippen LogP contribution in [-0.4, -0.2) is 48.7 Å². The number of aryl methyl sites for hydroxylation is 2. The van der Waals surface area contributed by atoms with Crippen molar-refractivity contribution in [1.29, 1.82) is 0 Å². The SMILES string of the molecule is Cc1cc(CN2CCC(c3cn(C4CCC(O)CC4)c4nc(N[C@@H](C)c5ccccc5)ncc34)CC2)cc(C)n1. The van der Waals surface area contributed by atoms with E-state index in [1.165, 1.54) is 22.1 Å². The number of nitrogens with one attached hydrogen (secondary N) is 1. The minimum absolute atomic E-state index is 0.114. The monoisotopic (exact) mass is 538 g/mol. The van der Waals surface area contributed by atoms with Crippen molar-refractivity contribution in [1.82, 2.24) is 24.4 Å². The fourth-order valence-corrected chi connectivity index (χ4v) is 6.75. The highest BCUT2D eigenvalue weighted by Gasteiger charge is 2.28. The molecule has 2 N–H and O–H groups in total. The van der Waals surface area contributed by atoms with Gasteiger partial charge in [0.15, 0.2) is 0 Å². The molecule has 4 aromatic rings. The molecule has 2 fully saturated rings. The van der Waals surface area contributed by atoms with Crippen LogP contribution in [0.4, 0.5) is 5.95 Å². The second kappa shape index (κ2) is 11.7. The lowest BCUT2D eigenvalue weighted by atomic mass is 9.89. The highest BCUT2D eigenvalue weighted by Crippen LogP contribution is 2.38. The van der Waals surface area contributed by atoms with E-state index >= 15 is 0 Å². The number of fused-ring (bicyclic) bond motifs is 1. The van der Waals surface area contributed by atoms with E-state index in [1.807, 2.05) is 12.3 Å². The van der Waals surface area contributed by atoms with Gasteiger partial charge in [-0.2, -0.15) is 4.98 Å². The Balaban J connectivity index is 1.23. The zero-order valence-corrected chi connectivity index (χ0v) is 24.1. The summed E-state index contributed by atoms with van der Waals surface area (Å²) in [4.78, 5) is 17.0. The van der Waals surface area contributed by atoms with E-state index < -0.39 is 0 Å². The summed E-state index contributed by atoms with van der Waals surface area (Å²) in [7, 11) is 0. The second-order valence-corrected chi connectivity index (χ2v) is 12.0. The molecule has 0 radical (unpaired) electrons. The fourth-order valence-electron chi connectivity index (χ4n) is 6.75. The Labute approximate surface area is 237 Å². The fraction of sp³-hybridized carbons (Fsp3) is 0.485. The maximum atomic E-state index is 10.2. The molecule has 4 heterocycles. The Morgan fingerprint density at radius 2 is 1.65 bits per heavy atom. The Bertz CT molecular complexity index is 1410. The number of nitrogens with zero attached hydrogens (tertiary/aromatic N) is 5. The smallest absolute Gasteiger partial charge is 0.225 e. The van der Waals surface area contributed by atoms with E-state index in [9.17, 15) is 5.11 Å². The molecule has 1 aliphatic carbocycles. The van der Waals surface area contributed by atoms with Gasteiger partial charge in [0, 0.05) is 41.8 Å². The lowest BCUT2D eigenvalue weighted by Crippen LogP contribution is -2.32. The van der Waals surface area contributed by atoms with E-state index in [1.54, 1.807) is 0 Å². The second-order valence-electron chi connectivity index (χ2n) is 12.0. The van der Waals surface area contributed by atoms with Crippen LogP contribution in [0.3, 0.4) is 0 Å². The Kier molecular flexibility index (Phi) is 7.85. The molecule has 40 heavy (non-hydrogen) atoms. The summed E-state index contributed by atoms with van der Waals surface area (Å²) >= 11 is 0. The Morgan fingerprint density at radius 3 is 2.35 bits per heavy atom. The van der Waals surface area contributed by atoms with Crippen LogP contribution in [0.25, 0.3) is 11.0 Å². The average Bonchev–Trinajstić information content (AvgIpc) is 3.32. The zero-order valence-electron chi connectivity index (χ0n) is 24.1. The van der Waals surface area contributed by atoms with Gasteiger partial charge in [-0.25, -0.2) is 4.98 Å². The van der Waals surface area contributed by atoms with Gasteiger partial charge in [-0.3, -0.25) is 9.88 Å². The van der Waals surface area contributed by atoms with Gasteiger partial charge in [-0.15, -0.1) is 0 Å². The van der Waals surface area contributed by atoms with Crippen LogP contribution in [0.1, 0.15) is 91.5 Å². The molecular formula is C33H42N6O. The van der Waals surface area contributed by atoms with Crippen molar-refractivity contribution in [2.45, 2.75) is 89.9 Å². The van der Waals surface area contributed by atoms with Gasteiger partial charge in [-0.1, -0.05) is 30.3 Å². The largest absolute Gasteiger partial charge is 0.393 e. The molecule has 1 aromatic carbocycles. The number of aliphatic hydroxyl groups is 1. The molecule has 0 amide bonds. The molecule has 0 unspecified atom stereocenters. The summed E-state index contributed by atoms with van der Waals surface area (Å²) in [6.45, 7) is 9.47. The standard InChI is InChI=1S/C33H42N6O/c1-22-17-25(18-23(2)35-22)20-38-15-13-27(14-16-38)31-21-39(28-9-11-29(40)12-10-28)32-30(31)19-34-33(37-32)36-24(3)26-7-5-4-6-8-26/h4-8,17-19,21,24,27-29,40H,9-16,20H2,1-3H3,(H,34,36,37)/t24-,28?,29?/m0/s1. The number of pyridine rings is 1. The molecule has 7 nitrogen and oxygen atoms in total. The van der Waals surface area contributed by atoms with Crippen LogP contribution in [0.2, 0.25) is 0 Å². The van der Waals surface area contributed by atoms with E-state index in [0.29, 0.717) is 17.9 Å². The van der Waals surface area contributed by atoms with Crippen LogP contribution >= 0.6 is 0 Å². The molecule has 1 aliphatic heterocycles. The lowest BCUT2D eigenvalue weighted by molar-refractivity contribution is 0.111. The van der Waals surface area contributed by atoms with E-state index in [-0.39, 0.29) is 12.1 Å². The van der Waals surface area contributed by atoms with Crippen molar-refractivity contribution < 1.29 is 5.11 Å². The van der Waals surface area contributed by atoms with Crippen molar-refractivity contribution >= 4 is 17.0 Å². The summed E-state index contributed by atoms with van der Waals surface area (Å²) in [6, 6.07) is 15.4. The van der Waals surface area contributed by atoms with Crippen molar-refractivity contribution in [3.63, 3.8) is 0 Å². The van der Waals surface area contributed by atoms with Crippen LogP contribution in [0.5, 0.6) is 0 Å².